The first-order valence-corrected chi connectivity index (χ1v) is 7.32. The summed E-state index contributed by atoms with van der Waals surface area (Å²) in [4.78, 5) is 2.40. The van der Waals surface area contributed by atoms with Gasteiger partial charge in [0.15, 0.2) is 0 Å². The topological polar surface area (TPSA) is 3.24 Å². The average molecular weight is 304 g/mol. The third kappa shape index (κ3) is 3.97. The quantitative estimate of drug-likeness (QED) is 0.611. The van der Waals surface area contributed by atoms with E-state index in [0.717, 1.165) is 0 Å². The van der Waals surface area contributed by atoms with Gasteiger partial charge in [0.05, 0.1) is 0 Å². The predicted octanol–water partition coefficient (Wildman–Crippen LogP) is 2.96. The summed E-state index contributed by atoms with van der Waals surface area (Å²) < 4.78 is 1.25. The molecule has 0 N–H and O–H groups in total. The fourth-order valence-electron chi connectivity index (χ4n) is 2.03. The van der Waals surface area contributed by atoms with Crippen molar-refractivity contribution >= 4 is 26.2 Å². The molecule has 0 radical (unpaired) electrons. The van der Waals surface area contributed by atoms with Crippen LogP contribution in [0.3, 0.4) is 0 Å². The first-order valence-electron chi connectivity index (χ1n) is 6.46. The van der Waals surface area contributed by atoms with Gasteiger partial charge in [0.25, 0.3) is 0 Å². The van der Waals surface area contributed by atoms with Crippen LogP contribution in [0.1, 0.15) is 24.0 Å². The summed E-state index contributed by atoms with van der Waals surface area (Å²) in [6, 6.07) is 8.56. The summed E-state index contributed by atoms with van der Waals surface area (Å²) in [5, 5.41) is 0. The Morgan fingerprint density at radius 2 is 1.78 bits per heavy atom. The van der Waals surface area contributed by atoms with Crippen molar-refractivity contribution in [3.05, 3.63) is 53.6 Å². The molecule has 94 valence electrons. The van der Waals surface area contributed by atoms with Gasteiger partial charge in [0.1, 0.15) is 0 Å². The van der Waals surface area contributed by atoms with Crippen molar-refractivity contribution < 1.29 is 0 Å². The zero-order chi connectivity index (χ0) is 12.8. The van der Waals surface area contributed by atoms with Gasteiger partial charge in [-0.15, -0.1) is 0 Å². The fraction of sp³-hybridized carbons (Fsp3) is 0.312. The molecule has 0 bridgehead atoms. The van der Waals surface area contributed by atoms with E-state index in [2.05, 4.69) is 76.0 Å². The Labute approximate surface area is 118 Å². The predicted molar refractivity (Wildman–Crippen MR) is 80.9 cm³/mol. The molecule has 0 amide bonds. The number of benzene rings is 1. The van der Waals surface area contributed by atoms with E-state index in [9.17, 15) is 0 Å². The Bertz CT molecular complexity index is 450. The number of rotatable bonds is 4. The molecule has 1 aliphatic heterocycles. The molecule has 2 rings (SSSR count). The van der Waals surface area contributed by atoms with Crippen molar-refractivity contribution in [2.24, 2.45) is 0 Å². The van der Waals surface area contributed by atoms with Gasteiger partial charge in [-0.05, 0) is 0 Å². The molecular weight excluding hydrogens is 285 g/mol. The van der Waals surface area contributed by atoms with Gasteiger partial charge in [0.2, 0.25) is 0 Å². The summed E-state index contributed by atoms with van der Waals surface area (Å²) in [5.41, 5.74) is 2.54. The second-order valence-electron chi connectivity index (χ2n) is 4.66. The van der Waals surface area contributed by atoms with Crippen LogP contribution in [0.25, 0.3) is 6.08 Å². The van der Waals surface area contributed by atoms with Crippen LogP contribution >= 0.6 is 0 Å². The standard InChI is InChI=1S/C16H19NSe/c1-14-8-10-15(11-9-14)6-2-3-7-16(18)17-12-4-5-13-17/h2-3,6-11H,4-5,12-13H2,1H3/b6-2+,7-3+. The first-order chi connectivity index (χ1) is 8.75. The molecular formula is C16H19NSe. The van der Waals surface area contributed by atoms with E-state index >= 15 is 0 Å². The Kier molecular flexibility index (Phi) is 4.98. The van der Waals surface area contributed by atoms with Gasteiger partial charge in [-0.1, -0.05) is 0 Å². The third-order valence-corrected chi connectivity index (χ3v) is 3.96. The maximum absolute atomic E-state index is 3.15. The van der Waals surface area contributed by atoms with E-state index in [-0.39, 0.29) is 0 Å². The van der Waals surface area contributed by atoms with Crippen molar-refractivity contribution in [3.63, 3.8) is 0 Å². The van der Waals surface area contributed by atoms with E-state index in [0.29, 0.717) is 0 Å². The molecule has 1 nitrogen and oxygen atoms in total. The van der Waals surface area contributed by atoms with Crippen molar-refractivity contribution in [2.45, 2.75) is 19.8 Å². The molecule has 0 unspecified atom stereocenters. The molecule has 0 atom stereocenters. The van der Waals surface area contributed by atoms with Gasteiger partial charge in [-0.2, -0.15) is 0 Å². The van der Waals surface area contributed by atoms with Crippen LogP contribution in [0.4, 0.5) is 0 Å². The monoisotopic (exact) mass is 305 g/mol. The van der Waals surface area contributed by atoms with Crippen molar-refractivity contribution in [1.82, 2.24) is 4.90 Å². The molecule has 0 saturated carbocycles. The Balaban J connectivity index is 1.86. The Morgan fingerprint density at radius 3 is 2.44 bits per heavy atom. The number of aryl methyl sites for hydroxylation is 1. The second kappa shape index (κ2) is 6.72. The summed E-state index contributed by atoms with van der Waals surface area (Å²) in [5.74, 6) is 0. The van der Waals surface area contributed by atoms with E-state index in [1.807, 2.05) is 0 Å². The molecule has 1 aromatic rings. The van der Waals surface area contributed by atoms with Crippen LogP contribution in [-0.2, 0) is 0 Å². The molecule has 18 heavy (non-hydrogen) atoms. The summed E-state index contributed by atoms with van der Waals surface area (Å²) >= 11 is 3.15. The van der Waals surface area contributed by atoms with E-state index in [4.69, 9.17) is 0 Å². The molecule has 0 aromatic heterocycles. The van der Waals surface area contributed by atoms with Gasteiger partial charge < -0.3 is 0 Å². The molecule has 1 heterocycles. The number of hydrogen-bond acceptors (Lipinski definition) is 1. The van der Waals surface area contributed by atoms with Crippen LogP contribution in [0.2, 0.25) is 0 Å². The molecule has 2 heteroatoms. The average Bonchev–Trinajstić information content (AvgIpc) is 2.90. The third-order valence-electron chi connectivity index (χ3n) is 3.13. The van der Waals surface area contributed by atoms with Gasteiger partial charge in [0, 0.05) is 0 Å². The number of allylic oxidation sites excluding steroid dienone is 2. The van der Waals surface area contributed by atoms with Crippen LogP contribution < -0.4 is 0 Å². The minimum atomic E-state index is 1.19. The van der Waals surface area contributed by atoms with Crippen molar-refractivity contribution in [2.75, 3.05) is 13.1 Å². The second-order valence-corrected chi connectivity index (χ2v) is 5.54. The SMILES string of the molecule is Cc1ccc(/C=C/C=C/C(=[Se])N2CCCC2)cc1. The number of nitrogens with zero attached hydrogens (tertiary/aromatic N) is 1. The Hall–Kier alpha value is -1.11. The molecule has 1 fully saturated rings. The summed E-state index contributed by atoms with van der Waals surface area (Å²) in [6.07, 6.45) is 11.1. The molecule has 1 aliphatic rings. The molecule has 1 saturated heterocycles. The van der Waals surface area contributed by atoms with E-state index < -0.39 is 0 Å². The molecule has 0 aliphatic carbocycles. The Morgan fingerprint density at radius 1 is 1.11 bits per heavy atom. The van der Waals surface area contributed by atoms with Crippen LogP contribution in [0.5, 0.6) is 0 Å². The zero-order valence-electron chi connectivity index (χ0n) is 10.8. The van der Waals surface area contributed by atoms with Crippen molar-refractivity contribution in [1.29, 1.82) is 0 Å². The maximum atomic E-state index is 3.15. The molecule has 1 aromatic carbocycles. The fourth-order valence-corrected chi connectivity index (χ4v) is 2.57. The van der Waals surface area contributed by atoms with Crippen LogP contribution in [0.15, 0.2) is 42.5 Å². The van der Waals surface area contributed by atoms with Crippen molar-refractivity contribution in [3.8, 4) is 0 Å². The number of hydrogen-bond donors (Lipinski definition) is 0. The van der Waals surface area contributed by atoms with Crippen LogP contribution in [-0.4, -0.2) is 38.1 Å². The first kappa shape index (κ1) is 13.3. The van der Waals surface area contributed by atoms with E-state index in [1.54, 1.807) is 0 Å². The number of likely N-dealkylation sites (tertiary alicyclic amines) is 1. The zero-order valence-corrected chi connectivity index (χ0v) is 12.5. The minimum absolute atomic E-state index is 1.19. The van der Waals surface area contributed by atoms with Gasteiger partial charge >= 0.3 is 118 Å². The normalized spacial score (nSPS) is 15.9. The van der Waals surface area contributed by atoms with Gasteiger partial charge in [-0.25, -0.2) is 0 Å². The van der Waals surface area contributed by atoms with E-state index in [1.165, 1.54) is 41.6 Å². The summed E-state index contributed by atoms with van der Waals surface area (Å²) in [7, 11) is 0. The summed E-state index contributed by atoms with van der Waals surface area (Å²) in [6.45, 7) is 4.49. The molecule has 0 spiro atoms. The van der Waals surface area contributed by atoms with Crippen LogP contribution in [0, 0.1) is 6.92 Å². The van der Waals surface area contributed by atoms with Gasteiger partial charge in [-0.3, -0.25) is 0 Å².